The van der Waals surface area contributed by atoms with Gasteiger partial charge in [0.15, 0.2) is 5.71 Å². The van der Waals surface area contributed by atoms with E-state index in [1.165, 1.54) is 11.4 Å². The lowest BCUT2D eigenvalue weighted by molar-refractivity contribution is -0.462. The van der Waals surface area contributed by atoms with Crippen LogP contribution in [0.4, 0.5) is 11.4 Å². The minimum Gasteiger partial charge on any atom is -0.457 e. The molecule has 4 nitrogen and oxygen atoms in total. The Morgan fingerprint density at radius 1 is 0.657 bits per heavy atom. The first-order valence-corrected chi connectivity index (χ1v) is 11.8. The highest BCUT2D eigenvalue weighted by atomic mass is 16.5. The van der Waals surface area contributed by atoms with Crippen molar-refractivity contribution in [1.29, 1.82) is 0 Å². The molecule has 0 saturated carbocycles. The van der Waals surface area contributed by atoms with E-state index in [-0.39, 0.29) is 0 Å². The van der Waals surface area contributed by atoms with Gasteiger partial charge in [-0.25, -0.2) is 4.58 Å². The van der Waals surface area contributed by atoms with Gasteiger partial charge in [0.2, 0.25) is 0 Å². The molecule has 2 aliphatic rings. The fourth-order valence-electron chi connectivity index (χ4n) is 3.85. The van der Waals surface area contributed by atoms with Gasteiger partial charge in [-0.1, -0.05) is 18.2 Å². The highest BCUT2D eigenvalue weighted by Gasteiger charge is 2.15. The molecule has 1 aliphatic carbocycles. The van der Waals surface area contributed by atoms with Gasteiger partial charge in [-0.15, -0.1) is 0 Å². The zero-order valence-electron chi connectivity index (χ0n) is 21.5. The third-order valence-electron chi connectivity index (χ3n) is 6.05. The number of ether oxygens (including phenoxy) is 1. The predicted octanol–water partition coefficient (Wildman–Crippen LogP) is 5.92. The van der Waals surface area contributed by atoms with Crippen LogP contribution in [0.5, 0.6) is 0 Å². The average molecular weight is 465 g/mol. The quantitative estimate of drug-likeness (QED) is 0.512. The van der Waals surface area contributed by atoms with Crippen molar-refractivity contribution in [2.75, 3.05) is 52.1 Å². The van der Waals surface area contributed by atoms with Crippen LogP contribution in [0, 0.1) is 0 Å². The fourth-order valence-corrected chi connectivity index (χ4v) is 3.85. The summed E-state index contributed by atoms with van der Waals surface area (Å²) < 4.78 is 8.45. The topological polar surface area (TPSA) is 18.7 Å². The van der Waals surface area contributed by atoms with Crippen LogP contribution in [-0.2, 0) is 4.74 Å². The van der Waals surface area contributed by atoms with Gasteiger partial charge in [0.25, 0.3) is 0 Å². The summed E-state index contributed by atoms with van der Waals surface area (Å²) in [6.07, 6.45) is 16.9. The maximum absolute atomic E-state index is 6.35. The number of hydrogen-bond acceptors (Lipinski definition) is 3. The van der Waals surface area contributed by atoms with E-state index in [4.69, 9.17) is 4.74 Å². The van der Waals surface area contributed by atoms with Crippen LogP contribution in [0.1, 0.15) is 11.1 Å². The van der Waals surface area contributed by atoms with Crippen molar-refractivity contribution in [2.24, 2.45) is 0 Å². The van der Waals surface area contributed by atoms with E-state index in [0.717, 1.165) is 39.5 Å². The normalized spacial score (nSPS) is 16.0. The van der Waals surface area contributed by atoms with Gasteiger partial charge in [-0.2, -0.15) is 0 Å². The second-order valence-corrected chi connectivity index (χ2v) is 9.31. The lowest BCUT2D eigenvalue weighted by Crippen LogP contribution is -2.09. The molecule has 0 amide bonds. The molecule has 4 heteroatoms. The molecule has 2 aromatic rings. The number of benzene rings is 2. The number of anilines is 2. The lowest BCUT2D eigenvalue weighted by Gasteiger charge is -2.20. The minimum absolute atomic E-state index is 0.808. The molecular formula is C31H34N3O+. The molecule has 178 valence electrons. The van der Waals surface area contributed by atoms with Gasteiger partial charge >= 0.3 is 0 Å². The van der Waals surface area contributed by atoms with E-state index in [1.807, 2.05) is 34.3 Å². The van der Waals surface area contributed by atoms with Crippen molar-refractivity contribution in [3.8, 4) is 0 Å². The zero-order valence-corrected chi connectivity index (χ0v) is 21.5. The molecular weight excluding hydrogens is 430 g/mol. The maximum Gasteiger partial charge on any atom is 0.199 e. The van der Waals surface area contributed by atoms with Crippen molar-refractivity contribution < 1.29 is 9.31 Å². The third-order valence-corrected chi connectivity index (χ3v) is 6.05. The molecule has 0 saturated heterocycles. The largest absolute Gasteiger partial charge is 0.457 e. The summed E-state index contributed by atoms with van der Waals surface area (Å²) >= 11 is 0. The molecule has 35 heavy (non-hydrogen) atoms. The Kier molecular flexibility index (Phi) is 7.21. The van der Waals surface area contributed by atoms with E-state index in [1.54, 1.807) is 0 Å². The molecule has 0 unspecified atom stereocenters. The Balaban J connectivity index is 1.69. The van der Waals surface area contributed by atoms with Crippen molar-refractivity contribution in [1.82, 2.24) is 0 Å². The Labute approximate surface area is 209 Å². The van der Waals surface area contributed by atoms with Crippen molar-refractivity contribution in [2.45, 2.75) is 0 Å². The molecule has 2 aromatic carbocycles. The molecule has 0 N–H and O–H groups in total. The number of allylic oxidation sites excluding steroid dienone is 10. The number of nitrogens with zero attached hydrogens (tertiary/aromatic N) is 3. The summed E-state index contributed by atoms with van der Waals surface area (Å²) in [7, 11) is 12.3. The molecule has 0 aromatic heterocycles. The fraction of sp³-hybridized carbons (Fsp3) is 0.194. The second kappa shape index (κ2) is 10.5. The summed E-state index contributed by atoms with van der Waals surface area (Å²) in [6, 6.07) is 17.1. The van der Waals surface area contributed by atoms with E-state index in [2.05, 4.69) is 120 Å². The summed E-state index contributed by atoms with van der Waals surface area (Å²) in [6.45, 7) is 0. The lowest BCUT2D eigenvalue weighted by atomic mass is 9.99. The number of rotatable bonds is 5. The molecule has 0 bridgehead atoms. The first-order valence-electron chi connectivity index (χ1n) is 11.8. The first-order chi connectivity index (χ1) is 16.8. The molecule has 0 radical (unpaired) electrons. The van der Waals surface area contributed by atoms with E-state index >= 15 is 0 Å². The summed E-state index contributed by atoms with van der Waals surface area (Å²) in [5.41, 5.74) is 7.97. The van der Waals surface area contributed by atoms with Gasteiger partial charge in [0, 0.05) is 57.3 Å². The Bertz CT molecular complexity index is 1270. The van der Waals surface area contributed by atoms with Crippen LogP contribution >= 0.6 is 0 Å². The molecule has 0 atom stereocenters. The average Bonchev–Trinajstić information content (AvgIpc) is 2.87. The van der Waals surface area contributed by atoms with Gasteiger partial charge < -0.3 is 14.5 Å². The SMILES string of the molecule is CN(C)c1ccc(C2=C/C(=C/C=C3C=CC(=[N+](C)C)C=C3)OC(c3ccc(N(C)C)cc3)=C2)cc1. The second-order valence-electron chi connectivity index (χ2n) is 9.31. The summed E-state index contributed by atoms with van der Waals surface area (Å²) in [4.78, 5) is 4.21. The molecule has 0 spiro atoms. The molecule has 1 heterocycles. The van der Waals surface area contributed by atoms with Gasteiger partial charge in [0.1, 0.15) is 25.6 Å². The third kappa shape index (κ3) is 5.90. The molecule has 1 aliphatic heterocycles. The Morgan fingerprint density at radius 2 is 1.20 bits per heavy atom. The van der Waals surface area contributed by atoms with Gasteiger partial charge in [-0.05, 0) is 83.5 Å². The predicted molar refractivity (Wildman–Crippen MR) is 150 cm³/mol. The molecule has 0 fully saturated rings. The van der Waals surface area contributed by atoms with Crippen LogP contribution in [-0.4, -0.2) is 52.6 Å². The zero-order chi connectivity index (χ0) is 24.9. The number of hydrogen-bond donors (Lipinski definition) is 0. The van der Waals surface area contributed by atoms with Gasteiger partial charge in [-0.3, -0.25) is 0 Å². The Hall–Kier alpha value is -4.05. The van der Waals surface area contributed by atoms with Crippen LogP contribution in [0.2, 0.25) is 0 Å². The summed E-state index contributed by atoms with van der Waals surface area (Å²) in [5.74, 6) is 1.65. The van der Waals surface area contributed by atoms with Crippen LogP contribution < -0.4 is 9.80 Å². The van der Waals surface area contributed by atoms with Gasteiger partial charge in [0.05, 0.1) is 0 Å². The smallest absolute Gasteiger partial charge is 0.199 e. The first kappa shape index (κ1) is 24.1. The van der Waals surface area contributed by atoms with Crippen molar-refractivity contribution >= 4 is 28.4 Å². The highest BCUT2D eigenvalue weighted by Crippen LogP contribution is 2.33. The van der Waals surface area contributed by atoms with Crippen molar-refractivity contribution in [3.63, 3.8) is 0 Å². The van der Waals surface area contributed by atoms with Crippen LogP contribution in [0.25, 0.3) is 11.3 Å². The minimum atomic E-state index is 0.808. The van der Waals surface area contributed by atoms with E-state index in [9.17, 15) is 0 Å². The monoisotopic (exact) mass is 464 g/mol. The van der Waals surface area contributed by atoms with Crippen LogP contribution in [0.15, 0.2) is 108 Å². The Morgan fingerprint density at radius 3 is 1.71 bits per heavy atom. The van der Waals surface area contributed by atoms with Crippen molar-refractivity contribution in [3.05, 3.63) is 120 Å². The molecule has 4 rings (SSSR count). The maximum atomic E-state index is 6.35. The summed E-state index contributed by atoms with van der Waals surface area (Å²) in [5, 5.41) is 0. The van der Waals surface area contributed by atoms with E-state index in [0.29, 0.717) is 0 Å². The van der Waals surface area contributed by atoms with E-state index < -0.39 is 0 Å². The highest BCUT2D eigenvalue weighted by molar-refractivity contribution is 6.02. The van der Waals surface area contributed by atoms with Crippen LogP contribution in [0.3, 0.4) is 0 Å². The standard InChI is InChI=1S/C31H34N3O/c1-32(2)27-14-7-23(8-15-27)9-20-30-21-26(24-10-16-28(17-11-24)33(3)4)22-31(35-30)25-12-18-29(19-13-25)34(5)6/h7-22H,1-6H3/q+1.